The Morgan fingerprint density at radius 3 is 2.83 bits per heavy atom. The molecule has 0 aliphatic carbocycles. The highest BCUT2D eigenvalue weighted by Gasteiger charge is 2.22. The molecule has 3 rings (SSSR count). The number of ketones is 1. The molecule has 116 valence electrons. The third-order valence-corrected chi connectivity index (χ3v) is 3.53. The van der Waals surface area contributed by atoms with E-state index in [2.05, 4.69) is 0 Å². The van der Waals surface area contributed by atoms with Crippen LogP contribution in [0.2, 0.25) is 0 Å². The standard InChI is InChI=1S/C17H12FNO4/c18-13-4-5-16-15(10-13)17(20)12(6-7-23-16)8-11-2-1-3-14(9-11)19(21)22/h1-5,8-10H,6-7H2. The first-order chi connectivity index (χ1) is 11.0. The van der Waals surface area contributed by atoms with Gasteiger partial charge in [0.05, 0.1) is 17.1 Å². The number of carbonyl (C=O) groups is 1. The molecule has 0 saturated heterocycles. The first kappa shape index (κ1) is 14.9. The van der Waals surface area contributed by atoms with Crippen LogP contribution < -0.4 is 4.74 Å². The van der Waals surface area contributed by atoms with Gasteiger partial charge in [0.15, 0.2) is 5.78 Å². The van der Waals surface area contributed by atoms with Gasteiger partial charge in [-0.25, -0.2) is 4.39 Å². The molecule has 0 atom stereocenters. The van der Waals surface area contributed by atoms with Gasteiger partial charge in [-0.15, -0.1) is 0 Å². The minimum atomic E-state index is -0.516. The van der Waals surface area contributed by atoms with Crippen LogP contribution in [-0.4, -0.2) is 17.3 Å². The van der Waals surface area contributed by atoms with E-state index in [0.29, 0.717) is 23.3 Å². The Morgan fingerprint density at radius 2 is 2.04 bits per heavy atom. The first-order valence-electron chi connectivity index (χ1n) is 6.96. The van der Waals surface area contributed by atoms with E-state index in [1.54, 1.807) is 18.2 Å². The molecule has 0 unspecified atom stereocenters. The van der Waals surface area contributed by atoms with E-state index in [9.17, 15) is 19.3 Å². The van der Waals surface area contributed by atoms with Gasteiger partial charge in [0.25, 0.3) is 5.69 Å². The molecule has 23 heavy (non-hydrogen) atoms. The molecule has 1 aliphatic heterocycles. The largest absolute Gasteiger partial charge is 0.492 e. The van der Waals surface area contributed by atoms with Crippen LogP contribution in [0.5, 0.6) is 5.75 Å². The molecule has 0 amide bonds. The van der Waals surface area contributed by atoms with E-state index < -0.39 is 10.7 Å². The van der Waals surface area contributed by atoms with Gasteiger partial charge in [-0.3, -0.25) is 14.9 Å². The topological polar surface area (TPSA) is 69.4 Å². The van der Waals surface area contributed by atoms with Gasteiger partial charge in [-0.1, -0.05) is 12.1 Å². The van der Waals surface area contributed by atoms with E-state index in [-0.39, 0.29) is 23.6 Å². The Bertz CT molecular complexity index is 829. The summed E-state index contributed by atoms with van der Waals surface area (Å²) in [5, 5.41) is 10.8. The molecule has 0 radical (unpaired) electrons. The van der Waals surface area contributed by atoms with Crippen LogP contribution in [0, 0.1) is 15.9 Å². The average Bonchev–Trinajstić information content (AvgIpc) is 2.68. The first-order valence-corrected chi connectivity index (χ1v) is 6.96. The van der Waals surface area contributed by atoms with Crippen LogP contribution in [-0.2, 0) is 0 Å². The summed E-state index contributed by atoms with van der Waals surface area (Å²) in [6.45, 7) is 0.283. The number of Topliss-reactive ketones (excluding diaryl/α,β-unsaturated/α-hetero) is 1. The number of non-ortho nitro benzene ring substituents is 1. The van der Waals surface area contributed by atoms with E-state index in [4.69, 9.17) is 4.74 Å². The Balaban J connectivity index is 2.01. The quantitative estimate of drug-likeness (QED) is 0.480. The number of nitrogens with zero attached hydrogens (tertiary/aromatic N) is 1. The van der Waals surface area contributed by atoms with Crippen molar-refractivity contribution < 1.29 is 18.8 Å². The van der Waals surface area contributed by atoms with Crippen LogP contribution in [0.3, 0.4) is 0 Å². The molecule has 0 fully saturated rings. The second-order valence-corrected chi connectivity index (χ2v) is 5.09. The molecule has 0 spiro atoms. The van der Waals surface area contributed by atoms with E-state index in [1.807, 2.05) is 0 Å². The second kappa shape index (κ2) is 6.00. The summed E-state index contributed by atoms with van der Waals surface area (Å²) in [6.07, 6.45) is 1.93. The SMILES string of the molecule is O=C1C(=Cc2cccc([N+](=O)[O-])c2)CCOc2ccc(F)cc21. The fourth-order valence-corrected chi connectivity index (χ4v) is 2.43. The summed E-state index contributed by atoms with van der Waals surface area (Å²) in [4.78, 5) is 22.9. The fourth-order valence-electron chi connectivity index (χ4n) is 2.43. The highest BCUT2D eigenvalue weighted by molar-refractivity contribution is 6.13. The molecule has 1 aliphatic rings. The zero-order valence-electron chi connectivity index (χ0n) is 12.0. The molecule has 0 saturated carbocycles. The highest BCUT2D eigenvalue weighted by atomic mass is 19.1. The Labute approximate surface area is 131 Å². The number of fused-ring (bicyclic) bond motifs is 1. The lowest BCUT2D eigenvalue weighted by Crippen LogP contribution is -2.02. The number of rotatable bonds is 2. The van der Waals surface area contributed by atoms with E-state index in [0.717, 1.165) is 6.07 Å². The lowest BCUT2D eigenvalue weighted by atomic mass is 9.99. The van der Waals surface area contributed by atoms with Crippen LogP contribution in [0.25, 0.3) is 6.08 Å². The zero-order valence-corrected chi connectivity index (χ0v) is 12.0. The van der Waals surface area contributed by atoms with E-state index in [1.165, 1.54) is 24.3 Å². The summed E-state index contributed by atoms with van der Waals surface area (Å²) in [7, 11) is 0. The zero-order chi connectivity index (χ0) is 16.4. The number of hydrogen-bond acceptors (Lipinski definition) is 4. The maximum Gasteiger partial charge on any atom is 0.270 e. The van der Waals surface area contributed by atoms with Gasteiger partial charge < -0.3 is 4.74 Å². The normalized spacial score (nSPS) is 15.7. The molecule has 1 heterocycles. The smallest absolute Gasteiger partial charge is 0.270 e. The summed E-state index contributed by atoms with van der Waals surface area (Å²) >= 11 is 0. The Morgan fingerprint density at radius 1 is 1.22 bits per heavy atom. The predicted octanol–water partition coefficient (Wildman–Crippen LogP) is 3.78. The molecule has 0 N–H and O–H groups in total. The van der Waals surface area contributed by atoms with Crippen LogP contribution in [0.4, 0.5) is 10.1 Å². The third-order valence-electron chi connectivity index (χ3n) is 3.53. The number of ether oxygens (including phenoxy) is 1. The monoisotopic (exact) mass is 313 g/mol. The maximum atomic E-state index is 13.4. The summed E-state index contributed by atoms with van der Waals surface area (Å²) in [5.74, 6) is -0.500. The summed E-state index contributed by atoms with van der Waals surface area (Å²) in [5.41, 5.74) is 1.08. The fraction of sp³-hybridized carbons (Fsp3) is 0.118. The minimum Gasteiger partial charge on any atom is -0.492 e. The van der Waals surface area contributed by atoms with Gasteiger partial charge in [0.1, 0.15) is 11.6 Å². The van der Waals surface area contributed by atoms with Crippen LogP contribution in [0.15, 0.2) is 48.0 Å². The number of benzene rings is 2. The number of hydrogen-bond donors (Lipinski definition) is 0. The van der Waals surface area contributed by atoms with Gasteiger partial charge >= 0.3 is 0 Å². The van der Waals surface area contributed by atoms with Gasteiger partial charge in [-0.2, -0.15) is 0 Å². The molecule has 2 aromatic rings. The van der Waals surface area contributed by atoms with Gasteiger partial charge in [0.2, 0.25) is 0 Å². The lowest BCUT2D eigenvalue weighted by Gasteiger charge is -2.05. The maximum absolute atomic E-state index is 13.4. The van der Waals surface area contributed by atoms with Gasteiger partial charge in [-0.05, 0) is 29.8 Å². The Kier molecular flexibility index (Phi) is 3.89. The average molecular weight is 313 g/mol. The number of halogens is 1. The van der Waals surface area contributed by atoms with E-state index >= 15 is 0 Å². The number of carbonyl (C=O) groups excluding carboxylic acids is 1. The number of nitro benzene ring substituents is 1. The summed E-state index contributed by atoms with van der Waals surface area (Å²) in [6, 6.07) is 9.80. The minimum absolute atomic E-state index is 0.0527. The van der Waals surface area contributed by atoms with Crippen molar-refractivity contribution >= 4 is 17.5 Å². The molecular weight excluding hydrogens is 301 g/mol. The van der Waals surface area contributed by atoms with Crippen molar-refractivity contribution in [3.8, 4) is 5.75 Å². The van der Waals surface area contributed by atoms with Crippen molar-refractivity contribution in [2.24, 2.45) is 0 Å². The molecule has 5 nitrogen and oxygen atoms in total. The predicted molar refractivity (Wildman–Crippen MR) is 81.9 cm³/mol. The van der Waals surface area contributed by atoms with Crippen LogP contribution in [0.1, 0.15) is 22.3 Å². The van der Waals surface area contributed by atoms with Gasteiger partial charge in [0, 0.05) is 24.1 Å². The lowest BCUT2D eigenvalue weighted by molar-refractivity contribution is -0.384. The van der Waals surface area contributed by atoms with Crippen molar-refractivity contribution in [3.05, 3.63) is 75.1 Å². The van der Waals surface area contributed by atoms with Crippen molar-refractivity contribution in [3.63, 3.8) is 0 Å². The summed E-state index contributed by atoms with van der Waals surface area (Å²) < 4.78 is 18.9. The van der Waals surface area contributed by atoms with Crippen molar-refractivity contribution in [2.45, 2.75) is 6.42 Å². The van der Waals surface area contributed by atoms with Crippen LogP contribution >= 0.6 is 0 Å². The molecule has 0 aromatic heterocycles. The van der Waals surface area contributed by atoms with Crippen molar-refractivity contribution in [1.29, 1.82) is 0 Å². The third kappa shape index (κ3) is 3.11. The number of nitro groups is 1. The molecule has 2 aromatic carbocycles. The molecule has 0 bridgehead atoms. The molecule has 6 heteroatoms. The highest BCUT2D eigenvalue weighted by Crippen LogP contribution is 2.28. The van der Waals surface area contributed by atoms with Crippen molar-refractivity contribution in [2.75, 3.05) is 6.61 Å². The molecular formula is C17H12FNO4. The van der Waals surface area contributed by atoms with Crippen molar-refractivity contribution in [1.82, 2.24) is 0 Å². The second-order valence-electron chi connectivity index (χ2n) is 5.09. The Hall–Kier alpha value is -3.02.